The number of nitrogens with zero attached hydrogens (tertiary/aromatic N) is 1. The summed E-state index contributed by atoms with van der Waals surface area (Å²) < 4.78 is 13.5. The molecule has 1 aliphatic carbocycles. The molecular formula is C35H40FN3O3. The van der Waals surface area contributed by atoms with Crippen molar-refractivity contribution in [3.63, 3.8) is 0 Å². The van der Waals surface area contributed by atoms with Crippen LogP contribution >= 0.6 is 0 Å². The molecule has 1 fully saturated rings. The van der Waals surface area contributed by atoms with E-state index in [4.69, 9.17) is 0 Å². The van der Waals surface area contributed by atoms with Gasteiger partial charge in [-0.25, -0.2) is 4.39 Å². The van der Waals surface area contributed by atoms with Crippen molar-refractivity contribution in [2.45, 2.75) is 77.5 Å². The maximum atomic E-state index is 14.5. The van der Waals surface area contributed by atoms with Crippen molar-refractivity contribution in [3.05, 3.63) is 95.3 Å². The highest BCUT2D eigenvalue weighted by Crippen LogP contribution is 2.36. The fourth-order valence-electron chi connectivity index (χ4n) is 6.25. The van der Waals surface area contributed by atoms with Crippen LogP contribution in [-0.2, 0) is 27.2 Å². The fraction of sp³-hybridized carbons (Fsp3) is 0.400. The zero-order valence-electron chi connectivity index (χ0n) is 25.0. The first-order chi connectivity index (χ1) is 19.9. The summed E-state index contributed by atoms with van der Waals surface area (Å²) in [5.41, 5.74) is 4.15. The normalized spacial score (nSPS) is 19.9. The molecule has 5 rings (SSSR count). The van der Waals surface area contributed by atoms with Gasteiger partial charge in [0.15, 0.2) is 0 Å². The lowest BCUT2D eigenvalue weighted by Crippen LogP contribution is -2.67. The van der Waals surface area contributed by atoms with E-state index in [1.807, 2.05) is 71.0 Å². The Bertz CT molecular complexity index is 1440. The van der Waals surface area contributed by atoms with Crippen LogP contribution in [0.15, 0.2) is 72.8 Å². The van der Waals surface area contributed by atoms with Crippen LogP contribution in [0, 0.1) is 17.7 Å². The first-order valence-corrected chi connectivity index (χ1v) is 14.8. The zero-order valence-corrected chi connectivity index (χ0v) is 25.0. The summed E-state index contributed by atoms with van der Waals surface area (Å²) in [4.78, 5) is 43.9. The molecule has 220 valence electrons. The molecule has 3 aromatic carbocycles. The Balaban J connectivity index is 1.55. The van der Waals surface area contributed by atoms with Crippen molar-refractivity contribution < 1.29 is 18.8 Å². The molecule has 0 saturated carbocycles. The molecule has 3 amide bonds. The van der Waals surface area contributed by atoms with Crippen molar-refractivity contribution in [1.82, 2.24) is 15.5 Å². The van der Waals surface area contributed by atoms with Gasteiger partial charge in [0.1, 0.15) is 23.9 Å². The molecule has 3 aromatic rings. The Hall–Kier alpha value is -4.00. The monoisotopic (exact) mass is 569 g/mol. The number of hydrogen-bond acceptors (Lipinski definition) is 3. The predicted molar refractivity (Wildman–Crippen MR) is 162 cm³/mol. The van der Waals surface area contributed by atoms with E-state index in [9.17, 15) is 18.8 Å². The number of hydrogen-bond donors (Lipinski definition) is 2. The lowest BCUT2D eigenvalue weighted by atomic mass is 9.87. The first kappa shape index (κ1) is 29.5. The minimum absolute atomic E-state index is 0.0893. The van der Waals surface area contributed by atoms with Gasteiger partial charge >= 0.3 is 0 Å². The summed E-state index contributed by atoms with van der Waals surface area (Å²) in [6.45, 7) is 9.71. The van der Waals surface area contributed by atoms with Crippen LogP contribution in [0.1, 0.15) is 63.8 Å². The zero-order chi connectivity index (χ0) is 30.2. The smallest absolute Gasteiger partial charge is 0.247 e. The molecule has 1 saturated heterocycles. The van der Waals surface area contributed by atoms with Crippen molar-refractivity contribution in [1.29, 1.82) is 0 Å². The van der Waals surface area contributed by atoms with Gasteiger partial charge in [-0.1, -0.05) is 74.5 Å². The largest absolute Gasteiger partial charge is 0.349 e. The molecule has 7 heteroatoms. The van der Waals surface area contributed by atoms with Crippen LogP contribution in [0.3, 0.4) is 0 Å². The Morgan fingerprint density at radius 1 is 0.929 bits per heavy atom. The SMILES string of the molecule is CC(C)C[C@@H]1C(=O)NC(C2Cc3ccccc3C2)C(=O)N1[C@@H](C(=O)NC(C)(C)C)c1ccc(-c2ccc(F)cc2)cc1. The summed E-state index contributed by atoms with van der Waals surface area (Å²) >= 11 is 0. The van der Waals surface area contributed by atoms with E-state index in [0.717, 1.165) is 11.1 Å². The molecule has 2 aliphatic rings. The third-order valence-electron chi connectivity index (χ3n) is 8.13. The molecule has 42 heavy (non-hydrogen) atoms. The number of carbonyl (C=O) groups is 3. The standard InChI is InChI=1S/C35H40FN3O3/c1-21(2)18-29-32(40)37-30(27-19-25-8-6-7-9-26(25)20-27)34(42)39(29)31(33(41)38-35(3,4)5)24-12-10-22(11-13-24)23-14-16-28(36)17-15-23/h6-17,21,27,29-31H,18-20H2,1-5H3,(H,37,40)(H,38,41)/t29-,30?,31-/m1/s1. The molecule has 6 nitrogen and oxygen atoms in total. The minimum atomic E-state index is -1.000. The second-order valence-electron chi connectivity index (χ2n) is 13.1. The number of amides is 3. The highest BCUT2D eigenvalue weighted by atomic mass is 19.1. The van der Waals surface area contributed by atoms with Crippen molar-refractivity contribution in [3.8, 4) is 11.1 Å². The average Bonchev–Trinajstić information content (AvgIpc) is 3.36. The van der Waals surface area contributed by atoms with Gasteiger partial charge in [-0.3, -0.25) is 14.4 Å². The summed E-state index contributed by atoms with van der Waals surface area (Å²) in [6.07, 6.45) is 1.82. The summed E-state index contributed by atoms with van der Waals surface area (Å²) in [5.74, 6) is -1.06. The van der Waals surface area contributed by atoms with Crippen LogP contribution in [0.5, 0.6) is 0 Å². The van der Waals surface area contributed by atoms with Crippen molar-refractivity contribution >= 4 is 17.7 Å². The van der Waals surface area contributed by atoms with Gasteiger partial charge in [-0.2, -0.15) is 0 Å². The molecule has 3 atom stereocenters. The molecule has 2 N–H and O–H groups in total. The van der Waals surface area contributed by atoms with E-state index in [1.165, 1.54) is 23.3 Å². The van der Waals surface area contributed by atoms with Crippen LogP contribution in [0.4, 0.5) is 4.39 Å². The number of rotatable bonds is 7. The number of piperazine rings is 1. The number of fused-ring (bicyclic) bond motifs is 1. The van der Waals surface area contributed by atoms with E-state index in [2.05, 4.69) is 22.8 Å². The first-order valence-electron chi connectivity index (χ1n) is 14.8. The number of halogens is 1. The third kappa shape index (κ3) is 6.25. The molecule has 0 bridgehead atoms. The molecule has 1 heterocycles. The van der Waals surface area contributed by atoms with Gasteiger partial charge in [0.05, 0.1) is 0 Å². The number of benzene rings is 3. The molecule has 0 radical (unpaired) electrons. The van der Waals surface area contributed by atoms with Crippen LogP contribution in [0.25, 0.3) is 11.1 Å². The van der Waals surface area contributed by atoms with Crippen LogP contribution in [0.2, 0.25) is 0 Å². The molecule has 1 aliphatic heterocycles. The quantitative estimate of drug-likeness (QED) is 0.389. The second kappa shape index (κ2) is 11.7. The van der Waals surface area contributed by atoms with Gasteiger partial charge in [0.2, 0.25) is 17.7 Å². The lowest BCUT2D eigenvalue weighted by molar-refractivity contribution is -0.158. The summed E-state index contributed by atoms with van der Waals surface area (Å²) in [7, 11) is 0. The number of nitrogens with one attached hydrogen (secondary N) is 2. The summed E-state index contributed by atoms with van der Waals surface area (Å²) in [5, 5.41) is 6.13. The maximum absolute atomic E-state index is 14.5. The molecule has 0 spiro atoms. The highest BCUT2D eigenvalue weighted by molar-refractivity contribution is 6.00. The van der Waals surface area contributed by atoms with E-state index in [-0.39, 0.29) is 35.4 Å². The van der Waals surface area contributed by atoms with Gasteiger partial charge in [-0.15, -0.1) is 0 Å². The van der Waals surface area contributed by atoms with Crippen molar-refractivity contribution in [2.75, 3.05) is 0 Å². The third-order valence-corrected chi connectivity index (χ3v) is 8.13. The summed E-state index contributed by atoms with van der Waals surface area (Å²) in [6, 6.07) is 19.3. The van der Waals surface area contributed by atoms with E-state index in [0.29, 0.717) is 24.8 Å². The van der Waals surface area contributed by atoms with Gasteiger partial charge in [0, 0.05) is 5.54 Å². The topological polar surface area (TPSA) is 78.5 Å². The lowest BCUT2D eigenvalue weighted by Gasteiger charge is -2.45. The minimum Gasteiger partial charge on any atom is -0.349 e. The average molecular weight is 570 g/mol. The maximum Gasteiger partial charge on any atom is 0.247 e. The van der Waals surface area contributed by atoms with Crippen LogP contribution in [-0.4, -0.2) is 40.2 Å². The molecule has 0 aromatic heterocycles. The Kier molecular flexibility index (Phi) is 8.22. The van der Waals surface area contributed by atoms with Crippen LogP contribution < -0.4 is 10.6 Å². The highest BCUT2D eigenvalue weighted by Gasteiger charge is 2.49. The Labute approximate surface area is 247 Å². The van der Waals surface area contributed by atoms with Gasteiger partial charge in [0.25, 0.3) is 0 Å². The molecular weight excluding hydrogens is 529 g/mol. The van der Waals surface area contributed by atoms with Gasteiger partial charge < -0.3 is 15.5 Å². The second-order valence-corrected chi connectivity index (χ2v) is 13.1. The predicted octanol–water partition coefficient (Wildman–Crippen LogP) is 5.61. The van der Waals surface area contributed by atoms with Crippen molar-refractivity contribution in [2.24, 2.45) is 11.8 Å². The van der Waals surface area contributed by atoms with E-state index in [1.54, 1.807) is 17.0 Å². The Morgan fingerprint density at radius 3 is 2.00 bits per heavy atom. The fourth-order valence-corrected chi connectivity index (χ4v) is 6.25. The molecule has 1 unspecified atom stereocenters. The Morgan fingerprint density at radius 2 is 1.48 bits per heavy atom. The number of carbonyl (C=O) groups excluding carboxylic acids is 3. The van der Waals surface area contributed by atoms with E-state index >= 15 is 0 Å². The van der Waals surface area contributed by atoms with E-state index < -0.39 is 23.7 Å². The van der Waals surface area contributed by atoms with Gasteiger partial charge in [-0.05, 0) is 91.8 Å².